The second-order valence-corrected chi connectivity index (χ2v) is 3.93. The first-order valence-corrected chi connectivity index (χ1v) is 5.03. The number of carboxylic acids is 1. The fraction of sp³-hybridized carbons (Fsp3) is 0.308. The summed E-state index contributed by atoms with van der Waals surface area (Å²) in [5.41, 5.74) is 3.24. The van der Waals surface area contributed by atoms with Crippen molar-refractivity contribution in [1.82, 2.24) is 0 Å². The van der Waals surface area contributed by atoms with E-state index in [2.05, 4.69) is 6.58 Å². The number of aryl methyl sites for hydroxylation is 3. The molecule has 0 unspecified atom stereocenters. The van der Waals surface area contributed by atoms with Crippen molar-refractivity contribution >= 4 is 5.97 Å². The molecule has 86 valence electrons. The number of ether oxygens (including phenoxy) is 1. The highest BCUT2D eigenvalue weighted by molar-refractivity contribution is 5.86. The lowest BCUT2D eigenvalue weighted by Crippen LogP contribution is -2.10. The van der Waals surface area contributed by atoms with Gasteiger partial charge >= 0.3 is 5.97 Å². The molecule has 0 heterocycles. The van der Waals surface area contributed by atoms with Gasteiger partial charge in [-0.1, -0.05) is 24.3 Å². The minimum absolute atomic E-state index is 0.0140. The molecule has 0 aliphatic heterocycles. The van der Waals surface area contributed by atoms with E-state index in [0.717, 1.165) is 16.9 Å². The summed E-state index contributed by atoms with van der Waals surface area (Å²) in [6.45, 7) is 9.34. The third kappa shape index (κ3) is 2.86. The molecule has 0 amide bonds. The van der Waals surface area contributed by atoms with E-state index in [1.165, 1.54) is 5.56 Å². The number of aliphatic carboxylic acids is 1. The van der Waals surface area contributed by atoms with E-state index in [4.69, 9.17) is 9.84 Å². The minimum Gasteiger partial charge on any atom is -0.488 e. The normalized spacial score (nSPS) is 9.94. The van der Waals surface area contributed by atoms with Crippen LogP contribution in [0.4, 0.5) is 0 Å². The van der Waals surface area contributed by atoms with Gasteiger partial charge in [-0.3, -0.25) is 0 Å². The lowest BCUT2D eigenvalue weighted by Gasteiger charge is -2.12. The van der Waals surface area contributed by atoms with Gasteiger partial charge in [0.25, 0.3) is 0 Å². The number of rotatable bonds is 4. The summed E-state index contributed by atoms with van der Waals surface area (Å²) in [5, 5.41) is 8.66. The van der Waals surface area contributed by atoms with Gasteiger partial charge < -0.3 is 9.84 Å². The van der Waals surface area contributed by atoms with Gasteiger partial charge in [0.15, 0.2) is 0 Å². The van der Waals surface area contributed by atoms with E-state index < -0.39 is 5.97 Å². The van der Waals surface area contributed by atoms with Gasteiger partial charge in [-0.15, -0.1) is 0 Å². The highest BCUT2D eigenvalue weighted by Gasteiger charge is 2.08. The number of carbonyl (C=O) groups is 1. The van der Waals surface area contributed by atoms with Crippen LogP contribution in [0.1, 0.15) is 16.7 Å². The Labute approximate surface area is 95.4 Å². The third-order valence-corrected chi connectivity index (χ3v) is 2.30. The molecule has 0 aromatic heterocycles. The molecule has 0 aliphatic carbocycles. The first-order valence-electron chi connectivity index (χ1n) is 5.03. The topological polar surface area (TPSA) is 46.5 Å². The SMILES string of the molecule is C=C(COc1c(C)cc(C)cc1C)C(=O)O. The summed E-state index contributed by atoms with van der Waals surface area (Å²) in [5.74, 6) is -0.282. The van der Waals surface area contributed by atoms with Gasteiger partial charge in [0, 0.05) is 0 Å². The smallest absolute Gasteiger partial charge is 0.334 e. The van der Waals surface area contributed by atoms with Crippen molar-refractivity contribution in [2.75, 3.05) is 6.61 Å². The van der Waals surface area contributed by atoms with E-state index in [0.29, 0.717) is 0 Å². The average molecular weight is 220 g/mol. The Morgan fingerprint density at radius 2 is 1.81 bits per heavy atom. The third-order valence-electron chi connectivity index (χ3n) is 2.30. The van der Waals surface area contributed by atoms with Crippen LogP contribution in [0, 0.1) is 20.8 Å². The van der Waals surface area contributed by atoms with E-state index >= 15 is 0 Å². The van der Waals surface area contributed by atoms with Gasteiger partial charge in [0.2, 0.25) is 0 Å². The standard InChI is InChI=1S/C13H16O3/c1-8-5-9(2)12(10(3)6-8)16-7-11(4)13(14)15/h5-6H,4,7H2,1-3H3,(H,14,15). The maximum absolute atomic E-state index is 10.6. The van der Waals surface area contributed by atoms with Gasteiger partial charge in [-0.2, -0.15) is 0 Å². The molecule has 0 atom stereocenters. The largest absolute Gasteiger partial charge is 0.488 e. The number of carboxylic acid groups (broad SMARTS) is 1. The molecular formula is C13H16O3. The Kier molecular flexibility index (Phi) is 3.72. The zero-order valence-corrected chi connectivity index (χ0v) is 9.83. The lowest BCUT2D eigenvalue weighted by molar-refractivity contribution is -0.133. The molecule has 0 bridgehead atoms. The van der Waals surface area contributed by atoms with Gasteiger partial charge in [0.1, 0.15) is 12.4 Å². The summed E-state index contributed by atoms with van der Waals surface area (Å²) in [6, 6.07) is 4.01. The van der Waals surface area contributed by atoms with E-state index in [1.807, 2.05) is 32.9 Å². The lowest BCUT2D eigenvalue weighted by atomic mass is 10.1. The first kappa shape index (κ1) is 12.3. The minimum atomic E-state index is -1.03. The number of benzene rings is 1. The Bertz CT molecular complexity index is 410. The van der Waals surface area contributed by atoms with Crippen LogP contribution in [0.25, 0.3) is 0 Å². The maximum atomic E-state index is 10.6. The van der Waals surface area contributed by atoms with E-state index in [1.54, 1.807) is 0 Å². The van der Waals surface area contributed by atoms with Crippen molar-refractivity contribution in [3.63, 3.8) is 0 Å². The van der Waals surface area contributed by atoms with Crippen LogP contribution in [0.5, 0.6) is 5.75 Å². The molecule has 0 radical (unpaired) electrons. The molecule has 1 aromatic rings. The predicted octanol–water partition coefficient (Wildman–Crippen LogP) is 2.63. The summed E-state index contributed by atoms with van der Waals surface area (Å²) in [7, 11) is 0. The highest BCUT2D eigenvalue weighted by Crippen LogP contribution is 2.24. The Morgan fingerprint density at radius 1 is 1.31 bits per heavy atom. The molecule has 3 nitrogen and oxygen atoms in total. The van der Waals surface area contributed by atoms with Crippen molar-refractivity contribution < 1.29 is 14.6 Å². The van der Waals surface area contributed by atoms with Gasteiger partial charge in [-0.05, 0) is 31.9 Å². The quantitative estimate of drug-likeness (QED) is 0.793. The van der Waals surface area contributed by atoms with Crippen molar-refractivity contribution in [2.45, 2.75) is 20.8 Å². The van der Waals surface area contributed by atoms with Gasteiger partial charge in [0.05, 0.1) is 5.57 Å². The molecule has 0 spiro atoms. The number of hydrogen-bond acceptors (Lipinski definition) is 2. The molecule has 1 rings (SSSR count). The van der Waals surface area contributed by atoms with Crippen LogP contribution in [-0.4, -0.2) is 17.7 Å². The van der Waals surface area contributed by atoms with Crippen molar-refractivity contribution in [1.29, 1.82) is 0 Å². The van der Waals surface area contributed by atoms with Gasteiger partial charge in [-0.25, -0.2) is 4.79 Å². The van der Waals surface area contributed by atoms with E-state index in [-0.39, 0.29) is 12.2 Å². The fourth-order valence-corrected chi connectivity index (χ4v) is 1.62. The molecule has 0 fully saturated rings. The Morgan fingerprint density at radius 3 is 2.25 bits per heavy atom. The van der Waals surface area contributed by atoms with Crippen molar-refractivity contribution in [3.8, 4) is 5.75 Å². The second kappa shape index (κ2) is 4.84. The van der Waals surface area contributed by atoms with Crippen molar-refractivity contribution in [3.05, 3.63) is 41.0 Å². The van der Waals surface area contributed by atoms with Crippen LogP contribution in [0.3, 0.4) is 0 Å². The van der Waals surface area contributed by atoms with Crippen LogP contribution in [0.15, 0.2) is 24.3 Å². The molecule has 1 N–H and O–H groups in total. The summed E-state index contributed by atoms with van der Waals surface area (Å²) in [4.78, 5) is 10.6. The van der Waals surface area contributed by atoms with Crippen LogP contribution in [0.2, 0.25) is 0 Å². The van der Waals surface area contributed by atoms with E-state index in [9.17, 15) is 4.79 Å². The van der Waals surface area contributed by atoms with Crippen LogP contribution >= 0.6 is 0 Å². The molecule has 3 heteroatoms. The maximum Gasteiger partial charge on any atom is 0.334 e. The first-order chi connectivity index (χ1) is 7.41. The zero-order chi connectivity index (χ0) is 12.3. The Hall–Kier alpha value is -1.77. The molecule has 0 saturated carbocycles. The van der Waals surface area contributed by atoms with Crippen LogP contribution in [-0.2, 0) is 4.79 Å². The Balaban J connectivity index is 2.82. The average Bonchev–Trinajstić information content (AvgIpc) is 2.15. The summed E-state index contributed by atoms with van der Waals surface area (Å²) in [6.07, 6.45) is 0. The molecule has 0 aliphatic rings. The summed E-state index contributed by atoms with van der Waals surface area (Å²) >= 11 is 0. The monoisotopic (exact) mass is 220 g/mol. The zero-order valence-electron chi connectivity index (χ0n) is 9.83. The molecule has 16 heavy (non-hydrogen) atoms. The second-order valence-electron chi connectivity index (χ2n) is 3.93. The van der Waals surface area contributed by atoms with Crippen molar-refractivity contribution in [2.24, 2.45) is 0 Å². The molecule has 0 saturated heterocycles. The van der Waals surface area contributed by atoms with Crippen LogP contribution < -0.4 is 4.74 Å². The summed E-state index contributed by atoms with van der Waals surface area (Å²) < 4.78 is 5.47. The fourth-order valence-electron chi connectivity index (χ4n) is 1.62. The highest BCUT2D eigenvalue weighted by atomic mass is 16.5. The molecule has 1 aromatic carbocycles. The molecular weight excluding hydrogens is 204 g/mol. The number of hydrogen-bond donors (Lipinski definition) is 1. The predicted molar refractivity (Wildman–Crippen MR) is 62.9 cm³/mol.